The SMILES string of the molecule is CO[C@@H](C)c1ncc(N2CCN(C3CC3)CC2)cc1-c1c2c3cc(ccc3n1CC(F)(F)F)N1CCO[C@@H](C[C@H](NC(=O)[C@H](C3CCCC3)N3CC[C@]4(CCN(C(=O)OC(C)(C)C)C4)C3)C(=O)N3CCC[C@H](N3)C(=O)OCC(C)(C)C2)C1. The number of ether oxygens (including phenoxy) is 4. The molecule has 2 aliphatic carbocycles. The molecule has 8 aliphatic rings. The quantitative estimate of drug-likeness (QED) is 0.189. The number of carbonyl (C=O) groups excluding carboxylic acids is 4. The Balaban J connectivity index is 0.938. The van der Waals surface area contributed by atoms with Gasteiger partial charge in [0.05, 0.1) is 54.7 Å². The van der Waals surface area contributed by atoms with Crippen molar-refractivity contribution in [1.29, 1.82) is 0 Å². The standard InChI is InChI=1S/C61H87F3N10O8/c1-39(79-7)51-46(30-43(33-65-51)69-25-23-68(24-26-69)41-14-15-41)53-47-32-59(5,6)38-81-56(77)48-13-10-20-74(67-48)55(76)49(31-44-34-70(27-28-80-44)42-16-17-50(45(47)29-42)73(53)37-61(62,63)64)66-54(75)52(40-11-8-9-12-40)71-21-18-60(35-71)19-22-72(36-60)57(78)82-58(2,3)4/h16-17,29-30,33,39-41,44,48-49,52,67H,8-15,18-28,31-32,34-38H2,1-7H3,(H,66,75)/t39-,44-,48-,49-,52-,60-/m0/s1. The molecule has 82 heavy (non-hydrogen) atoms. The molecule has 0 unspecified atom stereocenters. The molecule has 0 radical (unpaired) electrons. The molecular weight excluding hydrogens is 1060 g/mol. The first-order chi connectivity index (χ1) is 39.0. The van der Waals surface area contributed by atoms with E-state index >= 15 is 22.8 Å². The summed E-state index contributed by atoms with van der Waals surface area (Å²) in [6.45, 7) is 17.3. The van der Waals surface area contributed by atoms with Gasteiger partial charge in [-0.15, -0.1) is 0 Å². The summed E-state index contributed by atoms with van der Waals surface area (Å²) < 4.78 is 71.5. The third-order valence-electron chi connectivity index (χ3n) is 18.8. The topological polar surface area (TPSA) is 167 Å². The van der Waals surface area contributed by atoms with E-state index in [0.717, 1.165) is 76.1 Å². The second kappa shape index (κ2) is 23.3. The molecule has 3 aromatic rings. The third kappa shape index (κ3) is 12.9. The van der Waals surface area contributed by atoms with Crippen LogP contribution in [0.3, 0.4) is 0 Å². The first-order valence-electron chi connectivity index (χ1n) is 30.4. The highest BCUT2D eigenvalue weighted by Gasteiger charge is 2.50. The largest absolute Gasteiger partial charge is 0.464 e. The minimum atomic E-state index is -4.60. The van der Waals surface area contributed by atoms with Gasteiger partial charge >= 0.3 is 18.2 Å². The maximum atomic E-state index is 15.2. The fourth-order valence-corrected chi connectivity index (χ4v) is 14.4. The smallest absolute Gasteiger partial charge is 0.410 e. The van der Waals surface area contributed by atoms with Crippen LogP contribution in [0.1, 0.15) is 130 Å². The molecule has 3 amide bonds. The molecule has 21 heteroatoms. The summed E-state index contributed by atoms with van der Waals surface area (Å²) in [5.74, 6) is -1.05. The number of hydrogen-bond donors (Lipinski definition) is 2. The van der Waals surface area contributed by atoms with E-state index in [-0.39, 0.29) is 48.7 Å². The Kier molecular flexibility index (Phi) is 16.7. The summed E-state index contributed by atoms with van der Waals surface area (Å²) in [6.07, 6.45) is 4.97. The number of nitrogens with zero attached hydrogens (tertiary/aromatic N) is 8. The lowest BCUT2D eigenvalue weighted by Crippen LogP contribution is -2.62. The number of hydrazine groups is 1. The van der Waals surface area contributed by atoms with Crippen molar-refractivity contribution in [3.63, 3.8) is 0 Å². The number of methoxy groups -OCH3 is 1. The van der Waals surface area contributed by atoms with Gasteiger partial charge in [0.1, 0.15) is 24.2 Å². The lowest BCUT2D eigenvalue weighted by atomic mass is 9.84. The van der Waals surface area contributed by atoms with Crippen LogP contribution in [0.2, 0.25) is 0 Å². The number of alkyl halides is 3. The normalized spacial score (nSPS) is 27.3. The molecule has 2 aromatic heterocycles. The van der Waals surface area contributed by atoms with Gasteiger partial charge in [0.15, 0.2) is 0 Å². The molecule has 6 aliphatic heterocycles. The minimum absolute atomic E-state index is 0.0584. The highest BCUT2D eigenvalue weighted by molar-refractivity contribution is 5.95. The average Bonchev–Trinajstić information content (AvgIpc) is 3.38. The number of morpholine rings is 1. The number of piperazine rings is 1. The zero-order valence-corrected chi connectivity index (χ0v) is 49.3. The van der Waals surface area contributed by atoms with E-state index in [0.29, 0.717) is 105 Å². The number of fused-ring (bicyclic) bond motifs is 6. The number of nitrogens with one attached hydrogen (secondary N) is 2. The lowest BCUT2D eigenvalue weighted by molar-refractivity contribution is -0.156. The van der Waals surface area contributed by atoms with E-state index < -0.39 is 60.0 Å². The number of likely N-dealkylation sites (tertiary alicyclic amines) is 2. The second-order valence-electron chi connectivity index (χ2n) is 26.8. The van der Waals surface area contributed by atoms with Crippen LogP contribution in [0.15, 0.2) is 30.5 Å². The molecular formula is C61H87F3N10O8. The first kappa shape index (κ1) is 58.5. The van der Waals surface area contributed by atoms with E-state index in [4.69, 9.17) is 23.9 Å². The maximum absolute atomic E-state index is 15.2. The van der Waals surface area contributed by atoms with E-state index in [9.17, 15) is 9.59 Å². The van der Waals surface area contributed by atoms with E-state index in [1.165, 1.54) is 22.4 Å². The zero-order valence-electron chi connectivity index (χ0n) is 49.3. The van der Waals surface area contributed by atoms with Crippen molar-refractivity contribution >= 4 is 46.2 Å². The van der Waals surface area contributed by atoms with Crippen LogP contribution in [-0.4, -0.2) is 188 Å². The van der Waals surface area contributed by atoms with Gasteiger partial charge in [-0.25, -0.2) is 10.2 Å². The minimum Gasteiger partial charge on any atom is -0.464 e. The summed E-state index contributed by atoms with van der Waals surface area (Å²) >= 11 is 0. The van der Waals surface area contributed by atoms with Gasteiger partial charge in [0, 0.05) is 118 Å². The molecule has 11 rings (SSSR count). The summed E-state index contributed by atoms with van der Waals surface area (Å²) in [5, 5.41) is 5.40. The Hall–Kier alpha value is -5.22. The predicted octanol–water partition coefficient (Wildman–Crippen LogP) is 7.85. The molecule has 5 saturated heterocycles. The Morgan fingerprint density at radius 2 is 1.66 bits per heavy atom. The molecule has 1 aromatic carbocycles. The molecule has 1 spiro atoms. The monoisotopic (exact) mass is 1140 g/mol. The van der Waals surface area contributed by atoms with Crippen molar-refractivity contribution in [2.24, 2.45) is 16.7 Å². The van der Waals surface area contributed by atoms with Gasteiger partial charge < -0.3 is 43.5 Å². The van der Waals surface area contributed by atoms with Crippen molar-refractivity contribution in [3.8, 4) is 11.3 Å². The van der Waals surface area contributed by atoms with E-state index in [1.54, 1.807) is 18.1 Å². The molecule has 7 fully saturated rings. The van der Waals surface area contributed by atoms with Gasteiger partial charge in [-0.1, -0.05) is 26.7 Å². The number of hydrogen-bond acceptors (Lipinski definition) is 14. The van der Waals surface area contributed by atoms with Crippen molar-refractivity contribution in [2.75, 3.05) is 102 Å². The summed E-state index contributed by atoms with van der Waals surface area (Å²) in [6, 6.07) is 5.88. The van der Waals surface area contributed by atoms with Gasteiger partial charge in [-0.05, 0) is 128 Å². The summed E-state index contributed by atoms with van der Waals surface area (Å²) in [5.41, 5.74) is 5.79. The van der Waals surface area contributed by atoms with Gasteiger partial charge in [-0.3, -0.25) is 34.2 Å². The highest BCUT2D eigenvalue weighted by Crippen LogP contribution is 2.46. The number of cyclic esters (lactones) is 1. The van der Waals surface area contributed by atoms with Crippen molar-refractivity contribution < 1.29 is 51.3 Å². The number of esters is 1. The Bertz CT molecular complexity index is 2840. The fourth-order valence-electron chi connectivity index (χ4n) is 14.4. The van der Waals surface area contributed by atoms with Crippen LogP contribution in [0.25, 0.3) is 22.2 Å². The van der Waals surface area contributed by atoms with Gasteiger partial charge in [0.2, 0.25) is 5.91 Å². The Morgan fingerprint density at radius 1 is 0.902 bits per heavy atom. The van der Waals surface area contributed by atoms with Crippen LogP contribution in [0.5, 0.6) is 0 Å². The molecule has 6 atom stereocenters. The first-order valence-corrected chi connectivity index (χ1v) is 30.4. The van der Waals surface area contributed by atoms with Crippen LogP contribution >= 0.6 is 0 Å². The van der Waals surface area contributed by atoms with Crippen molar-refractivity contribution in [1.82, 2.24) is 40.0 Å². The zero-order chi connectivity index (χ0) is 57.9. The highest BCUT2D eigenvalue weighted by atomic mass is 19.4. The number of rotatable bonds is 10. The summed E-state index contributed by atoms with van der Waals surface area (Å²) in [4.78, 5) is 73.9. The van der Waals surface area contributed by atoms with Gasteiger partial charge in [-0.2, -0.15) is 13.2 Å². The summed E-state index contributed by atoms with van der Waals surface area (Å²) in [7, 11) is 1.58. The average molecular weight is 1150 g/mol. The number of anilines is 2. The maximum Gasteiger partial charge on any atom is 0.410 e. The lowest BCUT2D eigenvalue weighted by Gasteiger charge is -2.39. The molecule has 2 saturated carbocycles. The molecule has 450 valence electrons. The number of amides is 3. The Labute approximate surface area is 481 Å². The van der Waals surface area contributed by atoms with Gasteiger partial charge in [0.25, 0.3) is 5.91 Å². The van der Waals surface area contributed by atoms with Crippen LogP contribution < -0.4 is 20.5 Å². The van der Waals surface area contributed by atoms with Crippen molar-refractivity contribution in [3.05, 3.63) is 41.7 Å². The number of halogens is 3. The second-order valence-corrected chi connectivity index (χ2v) is 26.8. The number of aromatic nitrogens is 2. The van der Waals surface area contributed by atoms with E-state index in [2.05, 4.69) is 30.3 Å². The number of carbonyl (C=O) groups is 4. The number of pyridine rings is 1. The fraction of sp³-hybridized carbons (Fsp3) is 0.721. The van der Waals surface area contributed by atoms with Crippen LogP contribution in [0.4, 0.5) is 29.3 Å². The van der Waals surface area contributed by atoms with E-state index in [1.807, 2.05) is 65.9 Å². The predicted molar refractivity (Wildman–Crippen MR) is 305 cm³/mol. The molecule has 6 bridgehead atoms. The Morgan fingerprint density at radius 3 is 2.38 bits per heavy atom. The third-order valence-corrected chi connectivity index (χ3v) is 18.8. The van der Waals surface area contributed by atoms with Crippen molar-refractivity contribution in [2.45, 2.75) is 173 Å². The van der Waals surface area contributed by atoms with Crippen LogP contribution in [-0.2, 0) is 46.3 Å². The molecule has 8 heterocycles. The number of benzene rings is 1. The molecule has 18 nitrogen and oxygen atoms in total. The van der Waals surface area contributed by atoms with Crippen LogP contribution in [0, 0.1) is 16.7 Å². The molecule has 2 N–H and O–H groups in total.